The van der Waals surface area contributed by atoms with Gasteiger partial charge >= 0.3 is 0 Å². The van der Waals surface area contributed by atoms with Gasteiger partial charge in [0.15, 0.2) is 0 Å². The van der Waals surface area contributed by atoms with Gasteiger partial charge in [-0.25, -0.2) is 4.98 Å². The summed E-state index contributed by atoms with van der Waals surface area (Å²) in [5.74, 6) is 0. The molecule has 1 aliphatic rings. The molecule has 0 aliphatic carbocycles. The molecule has 0 spiro atoms. The van der Waals surface area contributed by atoms with Crippen LogP contribution in [-0.2, 0) is 0 Å². The lowest BCUT2D eigenvalue weighted by Gasteiger charge is -2.20. The average molecular weight is 538 g/mol. The second kappa shape index (κ2) is 10.8. The minimum absolute atomic E-state index is 0.639. The predicted octanol–water partition coefficient (Wildman–Crippen LogP) is 9.87. The smallest absolute Gasteiger partial charge is 0.229 e. The average Bonchev–Trinajstić information content (AvgIpc) is 3.74. The first-order valence-electron chi connectivity index (χ1n) is 12.6. The maximum Gasteiger partial charge on any atom is 0.229 e. The summed E-state index contributed by atoms with van der Waals surface area (Å²) in [6.07, 6.45) is 4.29. The molecule has 0 unspecified atom stereocenters. The van der Waals surface area contributed by atoms with Crippen LogP contribution in [0.25, 0.3) is 10.8 Å². The summed E-state index contributed by atoms with van der Waals surface area (Å²) < 4.78 is 0. The number of hydrogen-bond acceptors (Lipinski definition) is 9. The van der Waals surface area contributed by atoms with Gasteiger partial charge in [-0.05, 0) is 67.8 Å². The molecule has 3 aromatic carbocycles. The lowest BCUT2D eigenvalue weighted by molar-refractivity contribution is 0.949. The number of azo groups is 2. The Morgan fingerprint density at radius 3 is 2.42 bits per heavy atom. The van der Waals surface area contributed by atoms with E-state index in [2.05, 4.69) is 84.8 Å². The Balaban J connectivity index is 1.25. The Bertz CT molecular complexity index is 1620. The van der Waals surface area contributed by atoms with Crippen LogP contribution < -0.4 is 9.80 Å². The van der Waals surface area contributed by atoms with Crippen LogP contribution in [-0.4, -0.2) is 25.1 Å². The van der Waals surface area contributed by atoms with Crippen molar-refractivity contribution >= 4 is 71.3 Å². The summed E-state index contributed by atoms with van der Waals surface area (Å²) in [4.78, 5) is 8.90. The topological polar surface area (TPSA) is 68.8 Å². The van der Waals surface area contributed by atoms with Crippen molar-refractivity contribution in [1.82, 2.24) is 4.98 Å². The van der Waals surface area contributed by atoms with Crippen molar-refractivity contribution in [3.63, 3.8) is 0 Å². The molecule has 9 heteroatoms. The third-order valence-electron chi connectivity index (χ3n) is 6.68. The normalized spacial score (nSPS) is 13.9. The fourth-order valence-corrected chi connectivity index (χ4v) is 6.15. The van der Waals surface area contributed by atoms with Gasteiger partial charge in [-0.2, -0.15) is 5.11 Å². The highest BCUT2D eigenvalue weighted by atomic mass is 32.1. The molecule has 7 nitrogen and oxygen atoms in total. The quantitative estimate of drug-likeness (QED) is 0.194. The Kier molecular flexibility index (Phi) is 6.94. The Labute approximate surface area is 229 Å². The van der Waals surface area contributed by atoms with E-state index in [0.717, 1.165) is 52.2 Å². The third-order valence-corrected chi connectivity index (χ3v) is 8.56. The van der Waals surface area contributed by atoms with Gasteiger partial charge < -0.3 is 9.80 Å². The highest BCUT2D eigenvalue weighted by Crippen LogP contribution is 2.41. The predicted molar refractivity (Wildman–Crippen MR) is 159 cm³/mol. The molecule has 6 rings (SSSR count). The number of thiophene rings is 1. The number of aryl methyl sites for hydroxylation is 1. The van der Waals surface area contributed by atoms with E-state index >= 15 is 0 Å². The first-order chi connectivity index (χ1) is 18.7. The molecule has 3 heterocycles. The third kappa shape index (κ3) is 5.07. The molecule has 1 fully saturated rings. The van der Waals surface area contributed by atoms with E-state index in [1.54, 1.807) is 6.20 Å². The minimum Gasteiger partial charge on any atom is -0.363 e. The molecule has 1 aliphatic heterocycles. The largest absolute Gasteiger partial charge is 0.363 e. The fraction of sp³-hybridized carbons (Fsp3) is 0.207. The molecule has 5 aromatic rings. The van der Waals surface area contributed by atoms with Gasteiger partial charge in [0.1, 0.15) is 0 Å². The SMILES string of the molecule is Cc1cc(/N=N/c2ccc(N(C)c3ccc(N4CCCC4)s3)c3ccccc23)ccc1/N=N/c1nccs1. The second-order valence-electron chi connectivity index (χ2n) is 9.20. The molecular weight excluding hydrogens is 511 g/mol. The van der Waals surface area contributed by atoms with Gasteiger partial charge in [-0.3, -0.25) is 0 Å². The zero-order valence-corrected chi connectivity index (χ0v) is 22.9. The number of nitrogens with zero attached hydrogens (tertiary/aromatic N) is 7. The molecule has 38 heavy (non-hydrogen) atoms. The molecule has 190 valence electrons. The summed E-state index contributed by atoms with van der Waals surface area (Å²) in [5, 5.41) is 25.0. The van der Waals surface area contributed by atoms with Crippen molar-refractivity contribution in [1.29, 1.82) is 0 Å². The zero-order chi connectivity index (χ0) is 25.9. The first-order valence-corrected chi connectivity index (χ1v) is 14.3. The highest BCUT2D eigenvalue weighted by Gasteiger charge is 2.17. The lowest BCUT2D eigenvalue weighted by atomic mass is 10.1. The Morgan fingerprint density at radius 2 is 1.63 bits per heavy atom. The lowest BCUT2D eigenvalue weighted by Crippen LogP contribution is -2.15. The fourth-order valence-electron chi connectivity index (χ4n) is 4.66. The molecule has 0 amide bonds. The Morgan fingerprint density at radius 1 is 0.842 bits per heavy atom. The second-order valence-corrected chi connectivity index (χ2v) is 11.1. The van der Waals surface area contributed by atoms with Crippen LogP contribution in [0, 0.1) is 6.92 Å². The summed E-state index contributed by atoms with van der Waals surface area (Å²) in [7, 11) is 2.14. The number of benzene rings is 3. The standard InChI is InChI=1S/C29H27N7S2/c1-20-19-21(9-10-24(20)32-34-29-30-15-18-37-29)31-33-25-11-12-26(23-8-4-3-7-22(23)25)35(2)27-13-14-28(38-27)36-16-5-6-17-36/h3-4,7-15,18-19H,5-6,16-17H2,1-2H3/b33-31+,34-32+. The number of rotatable bonds is 7. The van der Waals surface area contributed by atoms with Gasteiger partial charge in [0, 0.05) is 48.2 Å². The minimum atomic E-state index is 0.639. The maximum atomic E-state index is 4.63. The van der Waals surface area contributed by atoms with Crippen LogP contribution in [0.1, 0.15) is 18.4 Å². The molecule has 0 bridgehead atoms. The number of fused-ring (bicyclic) bond motifs is 1. The zero-order valence-electron chi connectivity index (χ0n) is 21.3. The van der Waals surface area contributed by atoms with Crippen LogP contribution in [0.15, 0.2) is 98.8 Å². The van der Waals surface area contributed by atoms with E-state index in [9.17, 15) is 0 Å². The van der Waals surface area contributed by atoms with E-state index in [1.807, 2.05) is 47.9 Å². The van der Waals surface area contributed by atoms with Crippen LogP contribution >= 0.6 is 22.7 Å². The summed E-state index contributed by atoms with van der Waals surface area (Å²) in [6.45, 7) is 4.31. The van der Waals surface area contributed by atoms with Crippen LogP contribution in [0.2, 0.25) is 0 Å². The van der Waals surface area contributed by atoms with Crippen molar-refractivity contribution in [3.05, 3.63) is 83.9 Å². The van der Waals surface area contributed by atoms with Gasteiger partial charge in [-0.1, -0.05) is 24.3 Å². The van der Waals surface area contributed by atoms with Crippen LogP contribution in [0.5, 0.6) is 0 Å². The van der Waals surface area contributed by atoms with E-state index in [4.69, 9.17) is 0 Å². The molecule has 2 aromatic heterocycles. The maximum absolute atomic E-state index is 4.63. The number of aromatic nitrogens is 1. The van der Waals surface area contributed by atoms with E-state index in [0.29, 0.717) is 5.13 Å². The van der Waals surface area contributed by atoms with Crippen molar-refractivity contribution in [2.75, 3.05) is 29.9 Å². The van der Waals surface area contributed by atoms with Crippen molar-refractivity contribution < 1.29 is 0 Å². The van der Waals surface area contributed by atoms with Gasteiger partial charge in [0.25, 0.3) is 0 Å². The van der Waals surface area contributed by atoms with E-state index in [-0.39, 0.29) is 0 Å². The molecular formula is C29H27N7S2. The molecule has 0 atom stereocenters. The summed E-state index contributed by atoms with van der Waals surface area (Å²) >= 11 is 3.31. The van der Waals surface area contributed by atoms with Gasteiger partial charge in [0.05, 0.1) is 27.1 Å². The first kappa shape index (κ1) is 24.4. The van der Waals surface area contributed by atoms with Gasteiger partial charge in [0.2, 0.25) is 5.13 Å². The summed E-state index contributed by atoms with van der Waals surface area (Å²) in [5.41, 5.74) is 4.53. The number of anilines is 3. The van der Waals surface area contributed by atoms with Gasteiger partial charge in [-0.15, -0.1) is 38.0 Å². The highest BCUT2D eigenvalue weighted by molar-refractivity contribution is 7.20. The Hall–Kier alpha value is -3.95. The van der Waals surface area contributed by atoms with Crippen LogP contribution in [0.3, 0.4) is 0 Å². The number of hydrogen-bond donors (Lipinski definition) is 0. The van der Waals surface area contributed by atoms with Crippen LogP contribution in [0.4, 0.5) is 37.9 Å². The van der Waals surface area contributed by atoms with Crippen molar-refractivity contribution in [2.24, 2.45) is 20.5 Å². The van der Waals surface area contributed by atoms with Crippen molar-refractivity contribution in [2.45, 2.75) is 19.8 Å². The monoisotopic (exact) mass is 537 g/mol. The van der Waals surface area contributed by atoms with Crippen molar-refractivity contribution in [3.8, 4) is 0 Å². The molecule has 0 radical (unpaired) electrons. The summed E-state index contributed by atoms with van der Waals surface area (Å²) in [6, 6.07) is 22.8. The van der Waals surface area contributed by atoms with E-state index in [1.165, 1.54) is 34.2 Å². The molecule has 0 N–H and O–H groups in total. The molecule has 1 saturated heterocycles. The number of thiazole rings is 1. The molecule has 0 saturated carbocycles. The van der Waals surface area contributed by atoms with E-state index < -0.39 is 0 Å².